The van der Waals surface area contributed by atoms with E-state index in [1.165, 1.54) is 52.8 Å². The van der Waals surface area contributed by atoms with E-state index in [2.05, 4.69) is 130 Å². The molecule has 2 heteroatoms. The lowest BCUT2D eigenvalue weighted by Crippen LogP contribution is -2.22. The number of rotatable bonds is 8. The van der Waals surface area contributed by atoms with Crippen molar-refractivity contribution in [1.82, 2.24) is 0 Å². The van der Waals surface area contributed by atoms with E-state index in [1.807, 2.05) is 0 Å². The third-order valence-electron chi connectivity index (χ3n) is 8.80. The SMILES string of the molecule is CCCCC(C)(C)c1ccc2c(c1)Oc1cc(C(C)(C)CCC)ccc1N2c1c(C)cc(C(C)(C)C)cc1C. The van der Waals surface area contributed by atoms with Gasteiger partial charge < -0.3 is 9.64 Å². The van der Waals surface area contributed by atoms with E-state index in [9.17, 15) is 0 Å². The van der Waals surface area contributed by atoms with Crippen molar-refractivity contribution >= 4 is 17.1 Å². The minimum Gasteiger partial charge on any atom is -0.453 e. The lowest BCUT2D eigenvalue weighted by molar-refractivity contribution is 0.443. The minimum absolute atomic E-state index is 0.0996. The highest BCUT2D eigenvalue weighted by molar-refractivity contribution is 5.89. The Bertz CT molecular complexity index is 1320. The fraction of sp³-hybridized carbons (Fsp3) is 0.514. The maximum absolute atomic E-state index is 6.80. The van der Waals surface area contributed by atoms with E-state index in [0.29, 0.717) is 0 Å². The van der Waals surface area contributed by atoms with Gasteiger partial charge in [-0.1, -0.05) is 106 Å². The zero-order chi connectivity index (χ0) is 28.8. The van der Waals surface area contributed by atoms with Gasteiger partial charge in [-0.2, -0.15) is 0 Å². The number of fused-ring (bicyclic) bond motifs is 2. The molecular formula is C37H51NO. The number of anilines is 3. The van der Waals surface area contributed by atoms with Crippen LogP contribution in [0, 0.1) is 13.8 Å². The number of unbranched alkanes of at least 4 members (excludes halogenated alkanes) is 1. The van der Waals surface area contributed by atoms with Crippen LogP contribution in [-0.4, -0.2) is 0 Å². The van der Waals surface area contributed by atoms with Crippen LogP contribution < -0.4 is 9.64 Å². The van der Waals surface area contributed by atoms with E-state index in [4.69, 9.17) is 4.74 Å². The Morgan fingerprint density at radius 2 is 1.10 bits per heavy atom. The standard InChI is InChI=1S/C37H51NO/c1-12-14-20-37(10,11)28-16-18-31-33(24-28)39-32-23-27(36(8,9)19-13-2)15-17-30(32)38(31)34-25(3)21-29(22-26(34)4)35(5,6)7/h15-18,21-24H,12-14,19-20H2,1-11H3. The molecule has 1 aliphatic heterocycles. The molecule has 0 bridgehead atoms. The van der Waals surface area contributed by atoms with Crippen molar-refractivity contribution in [3.8, 4) is 11.5 Å². The van der Waals surface area contributed by atoms with Gasteiger partial charge >= 0.3 is 0 Å². The van der Waals surface area contributed by atoms with Crippen LogP contribution in [0.1, 0.15) is 122 Å². The smallest absolute Gasteiger partial charge is 0.151 e. The second-order valence-electron chi connectivity index (χ2n) is 14.1. The molecule has 4 rings (SSSR count). The normalized spacial score (nSPS) is 13.7. The van der Waals surface area contributed by atoms with Gasteiger partial charge in [-0.3, -0.25) is 0 Å². The predicted molar refractivity (Wildman–Crippen MR) is 170 cm³/mol. The first-order valence-corrected chi connectivity index (χ1v) is 15.1. The summed E-state index contributed by atoms with van der Waals surface area (Å²) in [5.74, 6) is 1.90. The molecule has 0 aromatic heterocycles. The van der Waals surface area contributed by atoms with Gasteiger partial charge in [0.15, 0.2) is 11.5 Å². The number of nitrogens with zero attached hydrogens (tertiary/aromatic N) is 1. The molecule has 3 aromatic rings. The third kappa shape index (κ3) is 5.76. The topological polar surface area (TPSA) is 12.5 Å². The first-order valence-electron chi connectivity index (χ1n) is 15.1. The van der Waals surface area contributed by atoms with Crippen molar-refractivity contribution in [2.24, 2.45) is 0 Å². The van der Waals surface area contributed by atoms with Gasteiger partial charge in [0.1, 0.15) is 0 Å². The first-order chi connectivity index (χ1) is 18.2. The Hall–Kier alpha value is -2.74. The molecule has 0 radical (unpaired) electrons. The van der Waals surface area contributed by atoms with Crippen molar-refractivity contribution in [2.75, 3.05) is 4.90 Å². The first kappa shape index (κ1) is 29.2. The van der Waals surface area contributed by atoms with E-state index < -0.39 is 0 Å². The summed E-state index contributed by atoms with van der Waals surface area (Å²) in [5, 5.41) is 0. The molecule has 0 saturated heterocycles. The lowest BCUT2D eigenvalue weighted by atomic mass is 9.79. The summed E-state index contributed by atoms with van der Waals surface area (Å²) in [4.78, 5) is 2.45. The fourth-order valence-electron chi connectivity index (χ4n) is 6.17. The molecule has 0 spiro atoms. The van der Waals surface area contributed by atoms with Gasteiger partial charge in [-0.25, -0.2) is 0 Å². The monoisotopic (exact) mass is 525 g/mol. The molecule has 0 saturated carbocycles. The number of hydrogen-bond acceptors (Lipinski definition) is 2. The molecule has 2 nitrogen and oxygen atoms in total. The van der Waals surface area contributed by atoms with Crippen molar-refractivity contribution in [3.05, 3.63) is 76.3 Å². The molecule has 0 N–H and O–H groups in total. The van der Waals surface area contributed by atoms with Crippen molar-refractivity contribution in [3.63, 3.8) is 0 Å². The molecular weight excluding hydrogens is 474 g/mol. The second kappa shape index (κ2) is 10.7. The van der Waals surface area contributed by atoms with E-state index in [-0.39, 0.29) is 16.2 Å². The van der Waals surface area contributed by atoms with Crippen LogP contribution in [0.25, 0.3) is 0 Å². The summed E-state index contributed by atoms with van der Waals surface area (Å²) in [6.45, 7) is 25.4. The fourth-order valence-corrected chi connectivity index (χ4v) is 6.17. The Labute approximate surface area is 238 Å². The molecule has 1 aliphatic rings. The largest absolute Gasteiger partial charge is 0.453 e. The molecule has 210 valence electrons. The zero-order valence-electron chi connectivity index (χ0n) is 26.5. The number of hydrogen-bond donors (Lipinski definition) is 0. The van der Waals surface area contributed by atoms with Gasteiger partial charge in [0.2, 0.25) is 0 Å². The molecule has 0 amide bonds. The zero-order valence-corrected chi connectivity index (χ0v) is 26.5. The molecule has 0 unspecified atom stereocenters. The Morgan fingerprint density at radius 3 is 1.54 bits per heavy atom. The summed E-state index contributed by atoms with van der Waals surface area (Å²) in [6, 6.07) is 18.5. The van der Waals surface area contributed by atoms with Crippen LogP contribution in [0.4, 0.5) is 17.1 Å². The van der Waals surface area contributed by atoms with Crippen molar-refractivity contribution in [1.29, 1.82) is 0 Å². The summed E-state index contributed by atoms with van der Waals surface area (Å²) in [7, 11) is 0. The molecule has 0 aliphatic carbocycles. The molecule has 3 aromatic carbocycles. The maximum Gasteiger partial charge on any atom is 0.151 e. The van der Waals surface area contributed by atoms with Gasteiger partial charge in [-0.05, 0) is 95.0 Å². The van der Waals surface area contributed by atoms with Gasteiger partial charge in [-0.15, -0.1) is 0 Å². The number of aryl methyl sites for hydroxylation is 2. The minimum atomic E-state index is 0.0996. The van der Waals surface area contributed by atoms with Gasteiger partial charge in [0, 0.05) is 0 Å². The molecule has 0 fully saturated rings. The van der Waals surface area contributed by atoms with Gasteiger partial charge in [0.05, 0.1) is 17.1 Å². The highest BCUT2D eigenvalue weighted by Gasteiger charge is 2.32. The maximum atomic E-state index is 6.80. The van der Waals surface area contributed by atoms with E-state index >= 15 is 0 Å². The lowest BCUT2D eigenvalue weighted by Gasteiger charge is -2.37. The van der Waals surface area contributed by atoms with Crippen LogP contribution in [0.2, 0.25) is 0 Å². The predicted octanol–water partition coefficient (Wildman–Crippen LogP) is 11.7. The number of ether oxygens (including phenoxy) is 1. The van der Waals surface area contributed by atoms with Crippen LogP contribution in [0.5, 0.6) is 11.5 Å². The van der Waals surface area contributed by atoms with E-state index in [1.54, 1.807) is 0 Å². The highest BCUT2D eigenvalue weighted by atomic mass is 16.5. The van der Waals surface area contributed by atoms with Crippen LogP contribution in [0.15, 0.2) is 48.5 Å². The highest BCUT2D eigenvalue weighted by Crippen LogP contribution is 2.54. The molecule has 39 heavy (non-hydrogen) atoms. The quantitative estimate of drug-likeness (QED) is 0.227. The Kier molecular flexibility index (Phi) is 8.01. The Balaban J connectivity index is 1.93. The second-order valence-corrected chi connectivity index (χ2v) is 14.1. The number of benzene rings is 3. The molecule has 1 heterocycles. The average molecular weight is 526 g/mol. The third-order valence-corrected chi connectivity index (χ3v) is 8.80. The summed E-state index contributed by atoms with van der Waals surface area (Å²) in [6.07, 6.45) is 5.92. The van der Waals surface area contributed by atoms with Gasteiger partial charge in [0.25, 0.3) is 0 Å². The van der Waals surface area contributed by atoms with Crippen LogP contribution in [-0.2, 0) is 16.2 Å². The summed E-state index contributed by atoms with van der Waals surface area (Å²) < 4.78 is 6.80. The summed E-state index contributed by atoms with van der Waals surface area (Å²) in [5.41, 5.74) is 10.4. The van der Waals surface area contributed by atoms with E-state index in [0.717, 1.165) is 35.7 Å². The van der Waals surface area contributed by atoms with Crippen LogP contribution in [0.3, 0.4) is 0 Å². The summed E-state index contributed by atoms with van der Waals surface area (Å²) >= 11 is 0. The van der Waals surface area contributed by atoms with Crippen molar-refractivity contribution < 1.29 is 4.74 Å². The Morgan fingerprint density at radius 1 is 0.615 bits per heavy atom. The molecule has 0 atom stereocenters. The van der Waals surface area contributed by atoms with Crippen LogP contribution >= 0.6 is 0 Å². The average Bonchev–Trinajstić information content (AvgIpc) is 2.85. The van der Waals surface area contributed by atoms with Crippen molar-refractivity contribution in [2.45, 2.75) is 125 Å².